The largest absolute Gasteiger partial charge is 0.345 e. The molecule has 3 nitrogen and oxygen atoms in total. The van der Waals surface area contributed by atoms with Gasteiger partial charge in [0.05, 0.1) is 10.0 Å². The molecule has 0 heterocycles. The van der Waals surface area contributed by atoms with E-state index in [-0.39, 0.29) is 17.9 Å². The van der Waals surface area contributed by atoms with E-state index in [1.54, 1.807) is 19.0 Å². The quantitative estimate of drug-likeness (QED) is 0.827. The van der Waals surface area contributed by atoms with E-state index in [1.807, 2.05) is 37.4 Å². The Morgan fingerprint density at radius 2 is 1.88 bits per heavy atom. The van der Waals surface area contributed by atoms with Crippen LogP contribution in [0.1, 0.15) is 51.8 Å². The van der Waals surface area contributed by atoms with Crippen LogP contribution in [-0.2, 0) is 0 Å². The fourth-order valence-corrected chi connectivity index (χ4v) is 4.01. The third kappa shape index (κ3) is 3.41. The molecule has 132 valence electrons. The Morgan fingerprint density at radius 3 is 2.52 bits per heavy atom. The summed E-state index contributed by atoms with van der Waals surface area (Å²) in [5.74, 6) is 0.246. The van der Waals surface area contributed by atoms with Crippen molar-refractivity contribution >= 4 is 29.1 Å². The first-order chi connectivity index (χ1) is 11.9. The lowest BCUT2D eigenvalue weighted by Crippen LogP contribution is -2.30. The zero-order valence-electron chi connectivity index (χ0n) is 14.6. The van der Waals surface area contributed by atoms with Crippen LogP contribution in [0.25, 0.3) is 0 Å². The van der Waals surface area contributed by atoms with Gasteiger partial charge >= 0.3 is 0 Å². The third-order valence-corrected chi connectivity index (χ3v) is 5.68. The van der Waals surface area contributed by atoms with Crippen LogP contribution in [0.2, 0.25) is 10.0 Å². The molecule has 0 unspecified atom stereocenters. The number of hydrogen-bond donors (Lipinski definition) is 1. The van der Waals surface area contributed by atoms with Crippen molar-refractivity contribution in [3.8, 4) is 0 Å². The minimum absolute atomic E-state index is 0.0342. The van der Waals surface area contributed by atoms with Crippen LogP contribution in [0.4, 0.5) is 0 Å². The predicted molar refractivity (Wildman–Crippen MR) is 104 cm³/mol. The molecule has 2 atom stereocenters. The molecule has 0 fully saturated rings. The van der Waals surface area contributed by atoms with E-state index in [9.17, 15) is 4.79 Å². The first-order valence-electron chi connectivity index (χ1n) is 8.40. The zero-order valence-corrected chi connectivity index (χ0v) is 16.2. The second-order valence-electron chi connectivity index (χ2n) is 6.65. The molecule has 3 rings (SSSR count). The molecular formula is C20H22Cl2N2O. The van der Waals surface area contributed by atoms with Crippen LogP contribution >= 0.6 is 23.2 Å². The predicted octanol–water partition coefficient (Wildman–Crippen LogP) is 4.88. The first kappa shape index (κ1) is 18.2. The van der Waals surface area contributed by atoms with Gasteiger partial charge in [0.2, 0.25) is 0 Å². The molecule has 1 amide bonds. The van der Waals surface area contributed by atoms with Gasteiger partial charge in [0.1, 0.15) is 0 Å². The number of halogens is 2. The van der Waals surface area contributed by atoms with Crippen molar-refractivity contribution in [1.82, 2.24) is 10.2 Å². The number of rotatable bonds is 3. The molecule has 1 aliphatic carbocycles. The zero-order chi connectivity index (χ0) is 18.1. The Labute approximate surface area is 158 Å². The number of nitrogens with one attached hydrogen (secondary N) is 1. The number of carbonyl (C=O) groups is 1. The van der Waals surface area contributed by atoms with E-state index >= 15 is 0 Å². The van der Waals surface area contributed by atoms with Crippen molar-refractivity contribution in [2.75, 3.05) is 21.1 Å². The van der Waals surface area contributed by atoms with Gasteiger partial charge in [-0.2, -0.15) is 0 Å². The summed E-state index contributed by atoms with van der Waals surface area (Å²) in [7, 11) is 5.52. The Bertz CT molecular complexity index is 804. The molecular weight excluding hydrogens is 355 g/mol. The molecule has 2 aromatic rings. The summed E-state index contributed by atoms with van der Waals surface area (Å²) in [6.07, 6.45) is 1.96. The van der Waals surface area contributed by atoms with E-state index < -0.39 is 0 Å². The number of nitrogens with zero attached hydrogens (tertiary/aromatic N) is 1. The number of fused-ring (bicyclic) bond motifs is 1. The van der Waals surface area contributed by atoms with Gasteiger partial charge < -0.3 is 10.2 Å². The molecule has 5 heteroatoms. The highest BCUT2D eigenvalue weighted by molar-refractivity contribution is 6.42. The summed E-state index contributed by atoms with van der Waals surface area (Å²) < 4.78 is 0. The number of hydrogen-bond acceptors (Lipinski definition) is 2. The van der Waals surface area contributed by atoms with E-state index in [0.717, 1.165) is 29.5 Å². The Balaban J connectivity index is 2.14. The molecule has 0 aromatic heterocycles. The maximum absolute atomic E-state index is 12.7. The minimum Gasteiger partial charge on any atom is -0.345 e. The van der Waals surface area contributed by atoms with Crippen LogP contribution in [0.5, 0.6) is 0 Å². The molecule has 25 heavy (non-hydrogen) atoms. The van der Waals surface area contributed by atoms with Crippen molar-refractivity contribution in [2.45, 2.75) is 24.8 Å². The van der Waals surface area contributed by atoms with E-state index in [0.29, 0.717) is 10.0 Å². The summed E-state index contributed by atoms with van der Waals surface area (Å²) in [6.45, 7) is 0. The summed E-state index contributed by atoms with van der Waals surface area (Å²) in [5, 5.41) is 4.50. The van der Waals surface area contributed by atoms with Gasteiger partial charge in [-0.15, -0.1) is 0 Å². The van der Waals surface area contributed by atoms with Crippen molar-refractivity contribution in [2.24, 2.45) is 0 Å². The highest BCUT2D eigenvalue weighted by atomic mass is 35.5. The van der Waals surface area contributed by atoms with Gasteiger partial charge in [0, 0.05) is 31.6 Å². The summed E-state index contributed by atoms with van der Waals surface area (Å²) in [6, 6.07) is 12.0. The lowest BCUT2D eigenvalue weighted by atomic mass is 9.75. The molecule has 0 saturated carbocycles. The molecule has 0 bridgehead atoms. The Hall–Kier alpha value is -1.55. The van der Waals surface area contributed by atoms with Gasteiger partial charge in [-0.05, 0) is 54.8 Å². The maximum atomic E-state index is 12.7. The number of carbonyl (C=O) groups excluding carboxylic acids is 1. The van der Waals surface area contributed by atoms with Gasteiger partial charge in [-0.1, -0.05) is 41.4 Å². The second-order valence-corrected chi connectivity index (χ2v) is 7.47. The fraction of sp³-hybridized carbons (Fsp3) is 0.350. The monoisotopic (exact) mass is 376 g/mol. The SMILES string of the molecule is CN[C@H]1CC[C@@H](c2ccc(Cl)c(Cl)c2)c2cccc(C(=O)N(C)C)c21. The maximum Gasteiger partial charge on any atom is 0.253 e. The average Bonchev–Trinajstić information content (AvgIpc) is 2.62. The van der Waals surface area contributed by atoms with Gasteiger partial charge in [0.15, 0.2) is 0 Å². The van der Waals surface area contributed by atoms with E-state index in [4.69, 9.17) is 23.2 Å². The third-order valence-electron chi connectivity index (χ3n) is 4.94. The van der Waals surface area contributed by atoms with Crippen molar-refractivity contribution in [1.29, 1.82) is 0 Å². The van der Waals surface area contributed by atoms with Crippen LogP contribution in [0.3, 0.4) is 0 Å². The molecule has 0 aliphatic heterocycles. The lowest BCUT2D eigenvalue weighted by molar-refractivity contribution is 0.0825. The molecule has 1 aliphatic rings. The molecule has 0 radical (unpaired) electrons. The van der Waals surface area contributed by atoms with Crippen molar-refractivity contribution in [3.05, 3.63) is 68.7 Å². The van der Waals surface area contributed by atoms with Gasteiger partial charge in [-0.25, -0.2) is 0 Å². The van der Waals surface area contributed by atoms with Gasteiger partial charge in [-0.3, -0.25) is 4.79 Å². The molecule has 0 spiro atoms. The molecule has 2 aromatic carbocycles. The van der Waals surface area contributed by atoms with Crippen LogP contribution in [0.15, 0.2) is 36.4 Å². The topological polar surface area (TPSA) is 32.3 Å². The molecule has 1 N–H and O–H groups in total. The second kappa shape index (κ2) is 7.36. The smallest absolute Gasteiger partial charge is 0.253 e. The average molecular weight is 377 g/mol. The normalized spacial score (nSPS) is 19.4. The number of amides is 1. The summed E-state index contributed by atoms with van der Waals surface area (Å²) >= 11 is 12.3. The summed E-state index contributed by atoms with van der Waals surface area (Å²) in [5.41, 5.74) is 4.20. The molecule has 0 saturated heterocycles. The van der Waals surface area contributed by atoms with Crippen LogP contribution < -0.4 is 5.32 Å². The highest BCUT2D eigenvalue weighted by Crippen LogP contribution is 2.43. The fourth-order valence-electron chi connectivity index (χ4n) is 3.70. The lowest BCUT2D eigenvalue weighted by Gasteiger charge is -2.34. The van der Waals surface area contributed by atoms with Crippen molar-refractivity contribution in [3.63, 3.8) is 0 Å². The first-order valence-corrected chi connectivity index (χ1v) is 9.16. The van der Waals surface area contributed by atoms with E-state index in [1.165, 1.54) is 5.56 Å². The highest BCUT2D eigenvalue weighted by Gasteiger charge is 2.31. The van der Waals surface area contributed by atoms with Crippen LogP contribution in [0, 0.1) is 0 Å². The standard InChI is InChI=1S/C20H22Cl2N2O/c1-23-18-10-8-13(12-7-9-16(21)17(22)11-12)14-5-4-6-15(19(14)18)20(25)24(2)3/h4-7,9,11,13,18,23H,8,10H2,1-3H3/t13-,18-/m0/s1. The van der Waals surface area contributed by atoms with E-state index in [2.05, 4.69) is 11.4 Å². The van der Waals surface area contributed by atoms with Crippen LogP contribution in [-0.4, -0.2) is 32.0 Å². The Kier molecular flexibility index (Phi) is 5.38. The number of benzene rings is 2. The van der Waals surface area contributed by atoms with Gasteiger partial charge in [0.25, 0.3) is 5.91 Å². The summed E-state index contributed by atoms with van der Waals surface area (Å²) in [4.78, 5) is 14.3. The van der Waals surface area contributed by atoms with Crippen molar-refractivity contribution < 1.29 is 4.79 Å². The minimum atomic E-state index is 0.0342. The Morgan fingerprint density at radius 1 is 1.12 bits per heavy atom.